The number of likely N-dealkylation sites (tertiary alicyclic amines) is 1. The third kappa shape index (κ3) is 3.46. The Kier molecular flexibility index (Phi) is 5.22. The number of carbonyl (C=O) groups is 1. The van der Waals surface area contributed by atoms with Crippen LogP contribution in [0.15, 0.2) is 0 Å². The fourth-order valence-corrected chi connectivity index (χ4v) is 2.32. The first-order valence-electron chi connectivity index (χ1n) is 6.16. The molecule has 1 N–H and O–H groups in total. The molecular formula is C12H23NO3. The van der Waals surface area contributed by atoms with E-state index in [1.807, 2.05) is 11.8 Å². The van der Waals surface area contributed by atoms with E-state index < -0.39 is 0 Å². The first-order chi connectivity index (χ1) is 7.56. The van der Waals surface area contributed by atoms with Crippen LogP contribution in [0, 0.1) is 0 Å². The van der Waals surface area contributed by atoms with Crippen molar-refractivity contribution in [2.24, 2.45) is 0 Å². The average molecular weight is 229 g/mol. The highest BCUT2D eigenvalue weighted by Crippen LogP contribution is 2.22. The van der Waals surface area contributed by atoms with Gasteiger partial charge in [0, 0.05) is 19.2 Å². The summed E-state index contributed by atoms with van der Waals surface area (Å²) in [7, 11) is 0. The molecule has 0 aromatic carbocycles. The number of rotatable bonds is 5. The maximum absolute atomic E-state index is 12.0. The van der Waals surface area contributed by atoms with E-state index in [9.17, 15) is 9.90 Å². The fourth-order valence-electron chi connectivity index (χ4n) is 2.32. The largest absolute Gasteiger partial charge is 0.393 e. The van der Waals surface area contributed by atoms with Gasteiger partial charge in [0.25, 0.3) is 5.91 Å². The molecule has 0 aliphatic carbocycles. The Morgan fingerprint density at radius 2 is 2.25 bits per heavy atom. The molecule has 1 fully saturated rings. The zero-order valence-corrected chi connectivity index (χ0v) is 10.5. The van der Waals surface area contributed by atoms with Crippen molar-refractivity contribution in [2.45, 2.75) is 58.3 Å². The van der Waals surface area contributed by atoms with Crippen LogP contribution in [-0.2, 0) is 9.53 Å². The summed E-state index contributed by atoms with van der Waals surface area (Å²) in [5.41, 5.74) is 0. The lowest BCUT2D eigenvalue weighted by Gasteiger charge is -2.28. The van der Waals surface area contributed by atoms with Crippen LogP contribution in [-0.4, -0.2) is 47.3 Å². The molecule has 0 spiro atoms. The molecule has 4 heteroatoms. The number of ether oxygens (including phenoxy) is 1. The van der Waals surface area contributed by atoms with Gasteiger partial charge >= 0.3 is 0 Å². The first kappa shape index (κ1) is 13.5. The van der Waals surface area contributed by atoms with Crippen LogP contribution in [0.1, 0.15) is 40.0 Å². The summed E-state index contributed by atoms with van der Waals surface area (Å²) in [6.45, 7) is 6.81. The summed E-state index contributed by atoms with van der Waals surface area (Å²) in [4.78, 5) is 13.9. The van der Waals surface area contributed by atoms with Crippen molar-refractivity contribution in [1.82, 2.24) is 4.90 Å². The molecule has 0 saturated carbocycles. The highest BCUT2D eigenvalue weighted by atomic mass is 16.5. The topological polar surface area (TPSA) is 49.8 Å². The van der Waals surface area contributed by atoms with E-state index in [0.29, 0.717) is 13.0 Å². The molecule has 16 heavy (non-hydrogen) atoms. The minimum Gasteiger partial charge on any atom is -0.393 e. The van der Waals surface area contributed by atoms with Crippen LogP contribution in [0.25, 0.3) is 0 Å². The number of nitrogens with zero attached hydrogens (tertiary/aromatic N) is 1. The van der Waals surface area contributed by atoms with Gasteiger partial charge in [-0.25, -0.2) is 0 Å². The Hall–Kier alpha value is -0.610. The lowest BCUT2D eigenvalue weighted by atomic mass is 10.1. The second-order valence-corrected chi connectivity index (χ2v) is 4.51. The molecule has 1 aliphatic rings. The van der Waals surface area contributed by atoms with Crippen LogP contribution in [0.4, 0.5) is 0 Å². The van der Waals surface area contributed by atoms with Gasteiger partial charge < -0.3 is 14.7 Å². The first-order valence-corrected chi connectivity index (χ1v) is 6.16. The maximum atomic E-state index is 12.0. The number of hydrogen-bond donors (Lipinski definition) is 1. The van der Waals surface area contributed by atoms with E-state index in [2.05, 4.69) is 0 Å². The van der Waals surface area contributed by atoms with Gasteiger partial charge in [-0.2, -0.15) is 0 Å². The summed E-state index contributed by atoms with van der Waals surface area (Å²) >= 11 is 0. The smallest absolute Gasteiger partial charge is 0.251 e. The molecule has 0 aromatic heterocycles. The van der Waals surface area contributed by atoms with Gasteiger partial charge in [0.05, 0.1) is 6.10 Å². The van der Waals surface area contributed by atoms with E-state index in [1.54, 1.807) is 13.8 Å². The maximum Gasteiger partial charge on any atom is 0.251 e. The predicted molar refractivity (Wildman–Crippen MR) is 62.1 cm³/mol. The highest BCUT2D eigenvalue weighted by Gasteiger charge is 2.32. The van der Waals surface area contributed by atoms with E-state index in [0.717, 1.165) is 19.4 Å². The lowest BCUT2D eigenvalue weighted by molar-refractivity contribution is -0.143. The number of aliphatic hydroxyl groups excluding tert-OH is 1. The molecule has 1 amide bonds. The van der Waals surface area contributed by atoms with Crippen molar-refractivity contribution in [1.29, 1.82) is 0 Å². The van der Waals surface area contributed by atoms with Crippen molar-refractivity contribution in [3.63, 3.8) is 0 Å². The van der Waals surface area contributed by atoms with E-state index in [4.69, 9.17) is 4.74 Å². The zero-order chi connectivity index (χ0) is 12.1. The zero-order valence-electron chi connectivity index (χ0n) is 10.5. The van der Waals surface area contributed by atoms with E-state index in [1.165, 1.54) is 0 Å². The van der Waals surface area contributed by atoms with Gasteiger partial charge in [0.2, 0.25) is 0 Å². The van der Waals surface area contributed by atoms with E-state index in [-0.39, 0.29) is 24.2 Å². The van der Waals surface area contributed by atoms with Crippen molar-refractivity contribution in [2.75, 3.05) is 13.2 Å². The van der Waals surface area contributed by atoms with Crippen LogP contribution in [0.2, 0.25) is 0 Å². The quantitative estimate of drug-likeness (QED) is 0.770. The molecule has 0 aromatic rings. The summed E-state index contributed by atoms with van der Waals surface area (Å²) in [5, 5.41) is 9.39. The molecule has 0 bridgehead atoms. The lowest BCUT2D eigenvalue weighted by Crippen LogP contribution is -2.43. The van der Waals surface area contributed by atoms with Crippen molar-refractivity contribution in [3.05, 3.63) is 0 Å². The summed E-state index contributed by atoms with van der Waals surface area (Å²) in [6, 6.07) is 0.190. The Balaban J connectivity index is 2.53. The standard InChI is InChI=1S/C12H23NO3/c1-4-16-10(3)12(15)13-7-5-6-11(13)8-9(2)14/h9-11,14H,4-8H2,1-3H3. The second kappa shape index (κ2) is 6.21. The third-order valence-electron chi connectivity index (χ3n) is 3.04. The number of carbonyl (C=O) groups excluding carboxylic acids is 1. The number of amides is 1. The van der Waals surface area contributed by atoms with Crippen molar-refractivity contribution < 1.29 is 14.6 Å². The normalized spacial score (nSPS) is 24.5. The van der Waals surface area contributed by atoms with Crippen molar-refractivity contribution >= 4 is 5.91 Å². The van der Waals surface area contributed by atoms with Gasteiger partial charge in [-0.15, -0.1) is 0 Å². The minimum atomic E-state index is -0.361. The Bertz CT molecular complexity index is 230. The monoisotopic (exact) mass is 229 g/mol. The van der Waals surface area contributed by atoms with Gasteiger partial charge in [-0.1, -0.05) is 0 Å². The van der Waals surface area contributed by atoms with Gasteiger partial charge in [0.1, 0.15) is 6.10 Å². The van der Waals surface area contributed by atoms with E-state index >= 15 is 0 Å². The van der Waals surface area contributed by atoms with Crippen molar-refractivity contribution in [3.8, 4) is 0 Å². The molecule has 1 rings (SSSR count). The van der Waals surface area contributed by atoms with Crippen LogP contribution in [0.5, 0.6) is 0 Å². The average Bonchev–Trinajstić information content (AvgIpc) is 2.64. The summed E-state index contributed by atoms with van der Waals surface area (Å²) in [6.07, 6.45) is 1.99. The minimum absolute atomic E-state index is 0.0602. The second-order valence-electron chi connectivity index (χ2n) is 4.51. The summed E-state index contributed by atoms with van der Waals surface area (Å²) < 4.78 is 5.32. The number of hydrogen-bond acceptors (Lipinski definition) is 3. The summed E-state index contributed by atoms with van der Waals surface area (Å²) in [5.74, 6) is 0.0602. The van der Waals surface area contributed by atoms with Crippen LogP contribution in [0.3, 0.4) is 0 Å². The van der Waals surface area contributed by atoms with Gasteiger partial charge in [-0.05, 0) is 40.0 Å². The molecule has 4 nitrogen and oxygen atoms in total. The third-order valence-corrected chi connectivity index (χ3v) is 3.04. The van der Waals surface area contributed by atoms with Crippen LogP contribution >= 0.6 is 0 Å². The molecule has 94 valence electrons. The Morgan fingerprint density at radius 1 is 1.56 bits per heavy atom. The van der Waals surface area contributed by atoms with Gasteiger partial charge in [-0.3, -0.25) is 4.79 Å². The highest BCUT2D eigenvalue weighted by molar-refractivity contribution is 5.81. The predicted octanol–water partition coefficient (Wildman–Crippen LogP) is 1.17. The molecular weight excluding hydrogens is 206 g/mol. The Labute approximate surface area is 97.6 Å². The van der Waals surface area contributed by atoms with Gasteiger partial charge in [0.15, 0.2) is 0 Å². The molecule has 3 atom stereocenters. The number of aliphatic hydroxyl groups is 1. The molecule has 0 radical (unpaired) electrons. The molecule has 1 heterocycles. The molecule has 1 saturated heterocycles. The SMILES string of the molecule is CCOC(C)C(=O)N1CCCC1CC(C)O. The fraction of sp³-hybridized carbons (Fsp3) is 0.917. The molecule has 3 unspecified atom stereocenters. The molecule has 1 aliphatic heterocycles. The Morgan fingerprint density at radius 3 is 2.81 bits per heavy atom. The van der Waals surface area contributed by atoms with Crippen LogP contribution < -0.4 is 0 Å².